The SMILES string of the molecule is O=C(O)CCC(NC(=O)OCC1c2ccccc2-c2ccccc21)C(=O)N[C@@H]1CCC[C@H]1O. The lowest BCUT2D eigenvalue weighted by molar-refractivity contribution is -0.137. The molecule has 0 aliphatic heterocycles. The molecule has 1 unspecified atom stereocenters. The summed E-state index contributed by atoms with van der Waals surface area (Å²) >= 11 is 0. The summed E-state index contributed by atoms with van der Waals surface area (Å²) in [5.74, 6) is -1.71. The van der Waals surface area contributed by atoms with Crippen molar-refractivity contribution in [2.24, 2.45) is 0 Å². The first-order valence-electron chi connectivity index (χ1n) is 11.3. The van der Waals surface area contributed by atoms with E-state index in [-0.39, 0.29) is 25.4 Å². The number of benzene rings is 2. The van der Waals surface area contributed by atoms with E-state index in [2.05, 4.69) is 10.6 Å². The fraction of sp³-hybridized carbons (Fsp3) is 0.400. The Bertz CT molecular complexity index is 994. The predicted octanol–water partition coefficient (Wildman–Crippen LogP) is 2.79. The molecule has 2 aromatic rings. The number of fused-ring (bicyclic) bond motifs is 3. The molecule has 8 nitrogen and oxygen atoms in total. The molecule has 0 radical (unpaired) electrons. The number of carbonyl (C=O) groups is 3. The van der Waals surface area contributed by atoms with Crippen molar-refractivity contribution in [2.75, 3.05) is 6.61 Å². The molecular weight excluding hydrogens is 424 g/mol. The maximum Gasteiger partial charge on any atom is 0.407 e. The van der Waals surface area contributed by atoms with Gasteiger partial charge >= 0.3 is 12.1 Å². The van der Waals surface area contributed by atoms with Crippen LogP contribution in [-0.4, -0.2) is 53.0 Å². The van der Waals surface area contributed by atoms with Crippen LogP contribution in [-0.2, 0) is 14.3 Å². The molecule has 0 heterocycles. The summed E-state index contributed by atoms with van der Waals surface area (Å²) in [5, 5.41) is 24.2. The van der Waals surface area contributed by atoms with Crippen LogP contribution in [0, 0.1) is 0 Å². The van der Waals surface area contributed by atoms with Gasteiger partial charge in [0, 0.05) is 12.3 Å². The van der Waals surface area contributed by atoms with Crippen molar-refractivity contribution in [1.82, 2.24) is 10.6 Å². The Kier molecular flexibility index (Phi) is 6.93. The van der Waals surface area contributed by atoms with Gasteiger partial charge in [-0.25, -0.2) is 4.79 Å². The first-order chi connectivity index (χ1) is 15.9. The Morgan fingerprint density at radius 2 is 1.64 bits per heavy atom. The largest absolute Gasteiger partial charge is 0.481 e. The van der Waals surface area contributed by atoms with Crippen molar-refractivity contribution in [3.63, 3.8) is 0 Å². The van der Waals surface area contributed by atoms with Crippen LogP contribution >= 0.6 is 0 Å². The molecule has 174 valence electrons. The monoisotopic (exact) mass is 452 g/mol. The lowest BCUT2D eigenvalue weighted by Gasteiger charge is -2.22. The van der Waals surface area contributed by atoms with Crippen LogP contribution in [0.4, 0.5) is 4.79 Å². The van der Waals surface area contributed by atoms with Crippen molar-refractivity contribution in [1.29, 1.82) is 0 Å². The molecule has 3 atom stereocenters. The summed E-state index contributed by atoms with van der Waals surface area (Å²) in [5.41, 5.74) is 4.36. The Morgan fingerprint density at radius 3 is 2.21 bits per heavy atom. The molecule has 4 N–H and O–H groups in total. The van der Waals surface area contributed by atoms with Gasteiger partial charge in [0.15, 0.2) is 0 Å². The quantitative estimate of drug-likeness (QED) is 0.488. The fourth-order valence-corrected chi connectivity index (χ4v) is 4.71. The first kappa shape index (κ1) is 22.8. The van der Waals surface area contributed by atoms with Crippen LogP contribution < -0.4 is 10.6 Å². The molecule has 4 rings (SSSR count). The minimum Gasteiger partial charge on any atom is -0.481 e. The highest BCUT2D eigenvalue weighted by atomic mass is 16.5. The maximum atomic E-state index is 12.7. The predicted molar refractivity (Wildman–Crippen MR) is 121 cm³/mol. The van der Waals surface area contributed by atoms with Gasteiger partial charge in [-0.3, -0.25) is 9.59 Å². The van der Waals surface area contributed by atoms with Gasteiger partial charge in [-0.05, 0) is 47.9 Å². The molecule has 0 bridgehead atoms. The van der Waals surface area contributed by atoms with Crippen LogP contribution in [0.5, 0.6) is 0 Å². The standard InChI is InChI=1S/C25H28N2O6/c28-22-11-5-10-20(22)26-24(31)21(12-13-23(29)30)27-25(32)33-14-19-17-8-3-1-6-15(17)16-7-2-4-9-18(16)19/h1-4,6-9,19-22,28H,5,10-14H2,(H,26,31)(H,27,32)(H,29,30)/t20-,21?,22-/m1/s1. The number of hydrogen-bond acceptors (Lipinski definition) is 5. The number of rotatable bonds is 8. The van der Waals surface area contributed by atoms with Crippen LogP contribution in [0.1, 0.15) is 49.1 Å². The molecule has 1 fully saturated rings. The van der Waals surface area contributed by atoms with Crippen LogP contribution in [0.3, 0.4) is 0 Å². The maximum absolute atomic E-state index is 12.7. The van der Waals surface area contributed by atoms with E-state index in [0.717, 1.165) is 28.7 Å². The van der Waals surface area contributed by atoms with E-state index in [0.29, 0.717) is 12.8 Å². The van der Waals surface area contributed by atoms with Crippen molar-refractivity contribution in [3.8, 4) is 11.1 Å². The highest BCUT2D eigenvalue weighted by molar-refractivity contribution is 5.86. The third kappa shape index (κ3) is 5.17. The number of nitrogens with one attached hydrogen (secondary N) is 2. The zero-order valence-corrected chi connectivity index (χ0v) is 18.2. The Labute approximate surface area is 192 Å². The summed E-state index contributed by atoms with van der Waals surface area (Å²) in [6.07, 6.45) is 0.265. The lowest BCUT2D eigenvalue weighted by atomic mass is 9.98. The van der Waals surface area contributed by atoms with Gasteiger partial charge in [-0.1, -0.05) is 48.5 Å². The second-order valence-electron chi connectivity index (χ2n) is 8.57. The third-order valence-electron chi connectivity index (χ3n) is 6.41. The van der Waals surface area contributed by atoms with Gasteiger partial charge in [-0.15, -0.1) is 0 Å². The molecule has 2 amide bonds. The zero-order chi connectivity index (χ0) is 23.4. The summed E-state index contributed by atoms with van der Waals surface area (Å²) in [4.78, 5) is 36.3. The van der Waals surface area contributed by atoms with Crippen molar-refractivity contribution in [2.45, 2.75) is 56.2 Å². The minimum absolute atomic E-state index is 0.0752. The molecule has 2 aliphatic rings. The number of carbonyl (C=O) groups excluding carboxylic acids is 2. The van der Waals surface area contributed by atoms with E-state index in [1.54, 1.807) is 0 Å². The molecule has 0 aromatic heterocycles. The number of aliphatic carboxylic acids is 1. The van der Waals surface area contributed by atoms with Gasteiger partial charge in [0.25, 0.3) is 0 Å². The van der Waals surface area contributed by atoms with Crippen LogP contribution in [0.15, 0.2) is 48.5 Å². The number of aliphatic hydroxyl groups is 1. The molecule has 0 saturated heterocycles. The number of amides is 2. The summed E-state index contributed by atoms with van der Waals surface area (Å²) in [6.45, 7) is 0.0917. The second-order valence-corrected chi connectivity index (χ2v) is 8.57. The van der Waals surface area contributed by atoms with E-state index < -0.39 is 36.2 Å². The normalized spacial score (nSPS) is 19.9. The summed E-state index contributed by atoms with van der Waals surface area (Å²) in [7, 11) is 0. The average Bonchev–Trinajstić information content (AvgIpc) is 3.35. The Hall–Kier alpha value is -3.39. The number of aliphatic hydroxyl groups excluding tert-OH is 1. The van der Waals surface area contributed by atoms with E-state index in [4.69, 9.17) is 9.84 Å². The second kappa shape index (κ2) is 10.0. The number of carboxylic acids is 1. The number of ether oxygens (including phenoxy) is 1. The summed E-state index contributed by atoms with van der Waals surface area (Å²) < 4.78 is 5.49. The van der Waals surface area contributed by atoms with E-state index in [9.17, 15) is 19.5 Å². The van der Waals surface area contributed by atoms with Gasteiger partial charge < -0.3 is 25.6 Å². The van der Waals surface area contributed by atoms with Crippen LogP contribution in [0.2, 0.25) is 0 Å². The number of hydrogen-bond donors (Lipinski definition) is 4. The fourth-order valence-electron chi connectivity index (χ4n) is 4.71. The number of alkyl carbamates (subject to hydrolysis) is 1. The molecular formula is C25H28N2O6. The molecule has 8 heteroatoms. The topological polar surface area (TPSA) is 125 Å². The molecule has 2 aromatic carbocycles. The lowest BCUT2D eigenvalue weighted by Crippen LogP contribution is -2.51. The molecule has 1 saturated carbocycles. The third-order valence-corrected chi connectivity index (χ3v) is 6.41. The smallest absolute Gasteiger partial charge is 0.407 e. The highest BCUT2D eigenvalue weighted by Gasteiger charge is 2.32. The van der Waals surface area contributed by atoms with Crippen molar-refractivity contribution in [3.05, 3.63) is 59.7 Å². The van der Waals surface area contributed by atoms with Crippen LogP contribution in [0.25, 0.3) is 11.1 Å². The molecule has 2 aliphatic carbocycles. The average molecular weight is 453 g/mol. The van der Waals surface area contributed by atoms with Gasteiger partial charge in [0.05, 0.1) is 12.1 Å². The minimum atomic E-state index is -1.07. The highest BCUT2D eigenvalue weighted by Crippen LogP contribution is 2.44. The number of carboxylic acid groups (broad SMARTS) is 1. The van der Waals surface area contributed by atoms with E-state index in [1.807, 2.05) is 48.5 Å². The first-order valence-corrected chi connectivity index (χ1v) is 11.3. The van der Waals surface area contributed by atoms with Crippen molar-refractivity contribution < 1.29 is 29.3 Å². The van der Waals surface area contributed by atoms with Gasteiger partial charge in [0.1, 0.15) is 12.6 Å². The van der Waals surface area contributed by atoms with E-state index >= 15 is 0 Å². The Morgan fingerprint density at radius 1 is 1.00 bits per heavy atom. The Balaban J connectivity index is 1.40. The van der Waals surface area contributed by atoms with E-state index in [1.165, 1.54) is 0 Å². The molecule has 0 spiro atoms. The zero-order valence-electron chi connectivity index (χ0n) is 18.2. The van der Waals surface area contributed by atoms with Crippen molar-refractivity contribution >= 4 is 18.0 Å². The summed E-state index contributed by atoms with van der Waals surface area (Å²) in [6, 6.07) is 14.5. The van der Waals surface area contributed by atoms with Gasteiger partial charge in [-0.2, -0.15) is 0 Å². The molecule has 33 heavy (non-hydrogen) atoms. The van der Waals surface area contributed by atoms with Gasteiger partial charge in [0.2, 0.25) is 5.91 Å².